The second-order valence-corrected chi connectivity index (χ2v) is 6.25. The van der Waals surface area contributed by atoms with Crippen molar-refractivity contribution in [1.29, 1.82) is 0 Å². The molecular formula is C20H15Cl2FN3-. The Morgan fingerprint density at radius 1 is 1.31 bits per heavy atom. The molecule has 1 aromatic carbocycles. The van der Waals surface area contributed by atoms with Gasteiger partial charge in [0.25, 0.3) is 0 Å². The molecule has 132 valence electrons. The first-order valence-corrected chi connectivity index (χ1v) is 8.63. The van der Waals surface area contributed by atoms with Crippen molar-refractivity contribution in [1.82, 2.24) is 9.66 Å². The van der Waals surface area contributed by atoms with Crippen molar-refractivity contribution in [2.75, 3.05) is 0 Å². The van der Waals surface area contributed by atoms with E-state index in [1.165, 1.54) is 18.3 Å². The number of hydrogen-bond donors (Lipinski definition) is 0. The van der Waals surface area contributed by atoms with Crippen molar-refractivity contribution >= 4 is 46.0 Å². The summed E-state index contributed by atoms with van der Waals surface area (Å²) in [6, 6.07) is 6.50. The molecule has 0 bridgehead atoms. The fraction of sp³-hybridized carbons (Fsp3) is 0.100. The van der Waals surface area contributed by atoms with Gasteiger partial charge in [-0.05, 0) is 24.3 Å². The Morgan fingerprint density at radius 2 is 2.12 bits per heavy atom. The third-order valence-corrected chi connectivity index (χ3v) is 4.57. The largest absolute Gasteiger partial charge is 0.278 e. The number of nitrogens with zero attached hydrogens (tertiary/aromatic N) is 3. The van der Waals surface area contributed by atoms with Crippen LogP contribution in [0.15, 0.2) is 53.9 Å². The molecule has 3 aromatic rings. The number of hydrogen-bond acceptors (Lipinski definition) is 2. The van der Waals surface area contributed by atoms with Crippen LogP contribution in [0, 0.1) is 11.9 Å². The molecule has 0 fully saturated rings. The van der Waals surface area contributed by atoms with E-state index >= 15 is 0 Å². The Balaban J connectivity index is 2.05. The maximum Gasteiger partial charge on any atom is 0.142 e. The summed E-state index contributed by atoms with van der Waals surface area (Å²) >= 11 is 12.1. The third kappa shape index (κ3) is 3.57. The minimum atomic E-state index is -0.542. The maximum absolute atomic E-state index is 13.6. The number of rotatable bonds is 4. The Morgan fingerprint density at radius 3 is 2.85 bits per heavy atom. The lowest BCUT2D eigenvalue weighted by Crippen LogP contribution is -1.94. The molecule has 2 aromatic heterocycles. The number of aromatic nitrogens is 2. The summed E-state index contributed by atoms with van der Waals surface area (Å²) in [6.45, 7) is 3.80. The van der Waals surface area contributed by atoms with Crippen molar-refractivity contribution in [3.05, 3.63) is 81.9 Å². The van der Waals surface area contributed by atoms with Gasteiger partial charge < -0.3 is 0 Å². The molecule has 0 saturated carbocycles. The number of fused-ring (bicyclic) bond motifs is 1. The molecule has 2 heterocycles. The van der Waals surface area contributed by atoms with Gasteiger partial charge in [-0.15, -0.1) is 6.92 Å². The van der Waals surface area contributed by atoms with Gasteiger partial charge in [0.2, 0.25) is 0 Å². The van der Waals surface area contributed by atoms with Crippen LogP contribution >= 0.6 is 23.2 Å². The Bertz CT molecular complexity index is 1050. The number of benzene rings is 1. The Kier molecular flexibility index (Phi) is 5.55. The minimum Gasteiger partial charge on any atom is -0.278 e. The zero-order chi connectivity index (χ0) is 18.7. The molecule has 0 aliphatic carbocycles. The van der Waals surface area contributed by atoms with Gasteiger partial charge in [-0.25, -0.2) is 15.1 Å². The van der Waals surface area contributed by atoms with Gasteiger partial charge in [-0.3, -0.25) is 11.1 Å². The first-order valence-electron chi connectivity index (χ1n) is 7.87. The van der Waals surface area contributed by atoms with Crippen LogP contribution in [0.3, 0.4) is 0 Å². The standard InChI is InChI=1S/C20H15Cl2FN3/c1-3-5-13(4-2)14-10-19-18(24-11-14)8-9-26(19)25-12-15-16(21)6-7-17(23)20(15)22/h4-12H,1-2H3/q-1/b13-4+,25-12-. The van der Waals surface area contributed by atoms with Crippen LogP contribution in [0.4, 0.5) is 4.39 Å². The summed E-state index contributed by atoms with van der Waals surface area (Å²) in [6.07, 6.45) is 11.9. The van der Waals surface area contributed by atoms with Crippen LogP contribution in [0.2, 0.25) is 10.0 Å². The average Bonchev–Trinajstić information content (AvgIpc) is 3.05. The molecule has 3 nitrogen and oxygen atoms in total. The fourth-order valence-corrected chi connectivity index (χ4v) is 2.99. The topological polar surface area (TPSA) is 30.2 Å². The predicted molar refractivity (Wildman–Crippen MR) is 106 cm³/mol. The van der Waals surface area contributed by atoms with E-state index < -0.39 is 5.82 Å². The highest BCUT2D eigenvalue weighted by atomic mass is 35.5. The lowest BCUT2D eigenvalue weighted by molar-refractivity contribution is 0.628. The monoisotopic (exact) mass is 386 g/mol. The lowest BCUT2D eigenvalue weighted by Gasteiger charge is -2.11. The van der Waals surface area contributed by atoms with Crippen molar-refractivity contribution in [2.45, 2.75) is 13.8 Å². The summed E-state index contributed by atoms with van der Waals surface area (Å²) in [5.74, 6) is -0.542. The molecule has 0 unspecified atom stereocenters. The van der Waals surface area contributed by atoms with Gasteiger partial charge >= 0.3 is 0 Å². The van der Waals surface area contributed by atoms with Crippen LogP contribution in [-0.4, -0.2) is 15.9 Å². The van der Waals surface area contributed by atoms with Gasteiger partial charge in [0.15, 0.2) is 0 Å². The van der Waals surface area contributed by atoms with Gasteiger partial charge in [-0.2, -0.15) is 16.8 Å². The summed E-state index contributed by atoms with van der Waals surface area (Å²) in [5, 5.41) is 4.64. The van der Waals surface area contributed by atoms with E-state index in [2.05, 4.69) is 16.2 Å². The van der Waals surface area contributed by atoms with E-state index in [0.717, 1.165) is 22.2 Å². The van der Waals surface area contributed by atoms with Crippen LogP contribution in [-0.2, 0) is 0 Å². The maximum atomic E-state index is 13.6. The highest BCUT2D eigenvalue weighted by Gasteiger charge is 2.09. The van der Waals surface area contributed by atoms with Gasteiger partial charge in [-0.1, -0.05) is 35.7 Å². The first-order chi connectivity index (χ1) is 12.5. The molecule has 26 heavy (non-hydrogen) atoms. The summed E-state index contributed by atoms with van der Waals surface area (Å²) in [4.78, 5) is 4.46. The molecule has 0 saturated heterocycles. The second-order valence-electron chi connectivity index (χ2n) is 5.47. The van der Waals surface area contributed by atoms with E-state index in [1.54, 1.807) is 17.1 Å². The molecule has 0 aliphatic heterocycles. The quantitative estimate of drug-likeness (QED) is 0.229. The van der Waals surface area contributed by atoms with Crippen LogP contribution < -0.4 is 0 Å². The lowest BCUT2D eigenvalue weighted by atomic mass is 10.1. The van der Waals surface area contributed by atoms with E-state index in [-0.39, 0.29) is 5.02 Å². The molecule has 0 radical (unpaired) electrons. The highest BCUT2D eigenvalue weighted by molar-refractivity contribution is 6.38. The van der Waals surface area contributed by atoms with E-state index in [1.807, 2.05) is 38.1 Å². The number of halogens is 3. The van der Waals surface area contributed by atoms with Crippen LogP contribution in [0.1, 0.15) is 25.0 Å². The smallest absolute Gasteiger partial charge is 0.142 e. The predicted octanol–water partition coefficient (Wildman–Crippen LogP) is 6.15. The zero-order valence-corrected chi connectivity index (χ0v) is 15.7. The van der Waals surface area contributed by atoms with Crippen molar-refractivity contribution < 1.29 is 4.39 Å². The fourth-order valence-electron chi connectivity index (χ4n) is 2.53. The van der Waals surface area contributed by atoms with Crippen LogP contribution in [0.25, 0.3) is 16.6 Å². The Hall–Kier alpha value is -2.43. The minimum absolute atomic E-state index is 0.0589. The molecule has 0 atom stereocenters. The van der Waals surface area contributed by atoms with E-state index in [9.17, 15) is 4.39 Å². The molecule has 0 N–H and O–H groups in total. The summed E-state index contributed by atoms with van der Waals surface area (Å²) in [7, 11) is 0. The molecule has 3 rings (SSSR count). The normalized spacial score (nSPS) is 12.7. The van der Waals surface area contributed by atoms with E-state index in [0.29, 0.717) is 10.6 Å². The molecule has 0 amide bonds. The molecular weight excluding hydrogens is 372 g/mol. The van der Waals surface area contributed by atoms with Gasteiger partial charge in [0.05, 0.1) is 27.3 Å². The zero-order valence-electron chi connectivity index (χ0n) is 14.2. The first kappa shape index (κ1) is 18.4. The van der Waals surface area contributed by atoms with E-state index in [4.69, 9.17) is 23.2 Å². The average molecular weight is 387 g/mol. The molecule has 0 spiro atoms. The highest BCUT2D eigenvalue weighted by Crippen LogP contribution is 2.26. The van der Waals surface area contributed by atoms with Gasteiger partial charge in [0, 0.05) is 18.0 Å². The van der Waals surface area contributed by atoms with Crippen molar-refractivity contribution in [2.24, 2.45) is 5.10 Å². The SMILES string of the molecule is C[C-]=C/C(=C\C)c1cnc2ccn(/N=C\c3c(Cl)ccc(F)c3Cl)c2c1. The van der Waals surface area contributed by atoms with Crippen LogP contribution in [0.5, 0.6) is 0 Å². The Labute approximate surface area is 161 Å². The number of pyridine rings is 1. The third-order valence-electron chi connectivity index (χ3n) is 3.85. The summed E-state index contributed by atoms with van der Waals surface area (Å²) < 4.78 is 15.3. The second kappa shape index (κ2) is 7.85. The van der Waals surface area contributed by atoms with Crippen molar-refractivity contribution in [3.8, 4) is 0 Å². The summed E-state index contributed by atoms with van der Waals surface area (Å²) in [5.41, 5.74) is 3.90. The van der Waals surface area contributed by atoms with Crippen molar-refractivity contribution in [3.63, 3.8) is 0 Å². The molecule has 6 heteroatoms. The van der Waals surface area contributed by atoms with Gasteiger partial charge in [0.1, 0.15) is 5.82 Å². The molecule has 0 aliphatic rings. The number of allylic oxidation sites excluding steroid dienone is 4.